The Morgan fingerprint density at radius 1 is 0.727 bits per heavy atom. The van der Waals surface area contributed by atoms with Crippen LogP contribution in [0, 0.1) is 0 Å². The first kappa shape index (κ1) is 10.9. The molecule has 11 heavy (non-hydrogen) atoms. The van der Waals surface area contributed by atoms with E-state index in [1.165, 1.54) is 0 Å². The molecule has 0 unspecified atom stereocenters. The average molecular weight is 201 g/mol. The van der Waals surface area contributed by atoms with Crippen LogP contribution >= 0.6 is 12.6 Å². The van der Waals surface area contributed by atoms with Crippen LogP contribution in [0.5, 0.6) is 0 Å². The van der Waals surface area contributed by atoms with Gasteiger partial charge in [0.25, 0.3) is 0 Å². The average Bonchev–Trinajstić information content (AvgIpc) is 1.58. The van der Waals surface area contributed by atoms with Crippen molar-refractivity contribution in [3.8, 4) is 0 Å². The van der Waals surface area contributed by atoms with Gasteiger partial charge in [0.15, 0.2) is 0 Å². The van der Waals surface area contributed by atoms with Gasteiger partial charge < -0.3 is 0 Å². The standard InChI is InChI=1S/C3F7S/c4-1(5,2(6,7)8)3(9,10)11. The SMILES string of the molecule is FC(F)(F)C(F)(F)C(F)(F)[S]. The molecule has 0 fully saturated rings. The molecule has 0 saturated heterocycles. The fourth-order valence-corrected chi connectivity index (χ4v) is 0.281. The summed E-state index contributed by atoms with van der Waals surface area (Å²) in [5, 5.41) is -5.49. The zero-order valence-corrected chi connectivity index (χ0v) is 5.37. The van der Waals surface area contributed by atoms with Crippen molar-refractivity contribution in [3.63, 3.8) is 0 Å². The van der Waals surface area contributed by atoms with E-state index < -0.39 is 17.4 Å². The van der Waals surface area contributed by atoms with Crippen LogP contribution in [0.25, 0.3) is 0 Å². The van der Waals surface area contributed by atoms with Gasteiger partial charge in [0, 0.05) is 0 Å². The Kier molecular flexibility index (Phi) is 2.40. The number of hydrogen-bond donors (Lipinski definition) is 0. The monoisotopic (exact) mass is 201 g/mol. The summed E-state index contributed by atoms with van der Waals surface area (Å²) in [6.07, 6.45) is -6.31. The van der Waals surface area contributed by atoms with Crippen LogP contribution in [0.2, 0.25) is 0 Å². The maximum absolute atomic E-state index is 11.5. The Morgan fingerprint density at radius 3 is 1.00 bits per heavy atom. The van der Waals surface area contributed by atoms with E-state index in [2.05, 4.69) is 12.6 Å². The van der Waals surface area contributed by atoms with Gasteiger partial charge in [0.2, 0.25) is 0 Å². The van der Waals surface area contributed by atoms with E-state index in [-0.39, 0.29) is 0 Å². The zero-order valence-electron chi connectivity index (χ0n) is 4.55. The predicted molar refractivity (Wildman–Crippen MR) is 23.5 cm³/mol. The summed E-state index contributed by atoms with van der Waals surface area (Å²) in [4.78, 5) is 0. The van der Waals surface area contributed by atoms with Gasteiger partial charge in [-0.3, -0.25) is 0 Å². The lowest BCUT2D eigenvalue weighted by Gasteiger charge is -2.23. The Morgan fingerprint density at radius 2 is 1.00 bits per heavy atom. The van der Waals surface area contributed by atoms with Crippen LogP contribution in [0.15, 0.2) is 0 Å². The molecule has 0 N–H and O–H groups in total. The van der Waals surface area contributed by atoms with E-state index in [0.717, 1.165) is 0 Å². The predicted octanol–water partition coefficient (Wildman–Crippen LogP) is 2.97. The topological polar surface area (TPSA) is 0 Å². The van der Waals surface area contributed by atoms with Gasteiger partial charge in [-0.05, 0) is 12.6 Å². The Balaban J connectivity index is 4.75. The van der Waals surface area contributed by atoms with E-state index >= 15 is 0 Å². The van der Waals surface area contributed by atoms with Gasteiger partial charge in [-0.2, -0.15) is 30.7 Å². The maximum atomic E-state index is 11.5. The fraction of sp³-hybridized carbons (Fsp3) is 1.00. The molecule has 0 aliphatic carbocycles. The molecular formula is C3F7S. The molecule has 0 spiro atoms. The molecule has 0 nitrogen and oxygen atoms in total. The first-order valence-electron chi connectivity index (χ1n) is 2.03. The third-order valence-corrected chi connectivity index (χ3v) is 0.978. The summed E-state index contributed by atoms with van der Waals surface area (Å²) in [5.74, 6) is -6.14. The van der Waals surface area contributed by atoms with Crippen molar-refractivity contribution >= 4 is 12.6 Å². The highest BCUT2D eigenvalue weighted by molar-refractivity contribution is 7.81. The lowest BCUT2D eigenvalue weighted by atomic mass is 10.3. The quantitative estimate of drug-likeness (QED) is 0.572. The van der Waals surface area contributed by atoms with Crippen LogP contribution < -0.4 is 0 Å². The summed E-state index contributed by atoms with van der Waals surface area (Å²) in [5.41, 5.74) is 0. The molecule has 0 aromatic rings. The smallest absolute Gasteiger partial charge is 0.188 e. The van der Waals surface area contributed by atoms with Crippen LogP contribution in [0.3, 0.4) is 0 Å². The molecule has 0 aromatic heterocycles. The lowest BCUT2D eigenvalue weighted by Crippen LogP contribution is -2.48. The number of rotatable bonds is 1. The molecule has 0 aliphatic rings. The summed E-state index contributed by atoms with van der Waals surface area (Å²) in [6, 6.07) is 0. The van der Waals surface area contributed by atoms with Crippen LogP contribution in [0.4, 0.5) is 30.7 Å². The second kappa shape index (κ2) is 2.43. The van der Waals surface area contributed by atoms with E-state index in [9.17, 15) is 30.7 Å². The molecule has 0 rings (SSSR count). The summed E-state index contributed by atoms with van der Waals surface area (Å²) >= 11 is 2.67. The van der Waals surface area contributed by atoms with Crippen LogP contribution in [0.1, 0.15) is 0 Å². The molecule has 0 aliphatic heterocycles. The summed E-state index contributed by atoms with van der Waals surface area (Å²) in [6.45, 7) is 0. The highest BCUT2D eigenvalue weighted by atomic mass is 32.1. The zero-order chi connectivity index (χ0) is 9.50. The minimum atomic E-state index is -6.31. The second-order valence-electron chi connectivity index (χ2n) is 1.59. The van der Waals surface area contributed by atoms with Gasteiger partial charge in [-0.25, -0.2) is 0 Å². The third kappa shape index (κ3) is 1.91. The number of alkyl halides is 7. The van der Waals surface area contributed by atoms with Crippen molar-refractivity contribution in [2.75, 3.05) is 0 Å². The van der Waals surface area contributed by atoms with Gasteiger partial charge in [0.1, 0.15) is 0 Å². The van der Waals surface area contributed by atoms with Crippen molar-refractivity contribution in [1.29, 1.82) is 0 Å². The minimum absolute atomic E-state index is 2.67. The molecular weight excluding hydrogens is 201 g/mol. The van der Waals surface area contributed by atoms with Crippen molar-refractivity contribution in [1.82, 2.24) is 0 Å². The highest BCUT2D eigenvalue weighted by Gasteiger charge is 2.72. The first-order valence-corrected chi connectivity index (χ1v) is 2.44. The largest absolute Gasteiger partial charge is 0.460 e. The third-order valence-electron chi connectivity index (χ3n) is 0.722. The Hall–Kier alpha value is -0.140. The van der Waals surface area contributed by atoms with Crippen LogP contribution in [-0.2, 0) is 0 Å². The van der Waals surface area contributed by atoms with E-state index in [1.807, 2.05) is 0 Å². The molecule has 0 saturated carbocycles. The molecule has 0 aromatic carbocycles. The lowest BCUT2D eigenvalue weighted by molar-refractivity contribution is -0.329. The van der Waals surface area contributed by atoms with Crippen molar-refractivity contribution < 1.29 is 30.7 Å². The summed E-state index contributed by atoms with van der Waals surface area (Å²) < 4.78 is 78.7. The van der Waals surface area contributed by atoms with Gasteiger partial charge in [-0.15, -0.1) is 0 Å². The highest BCUT2D eigenvalue weighted by Crippen LogP contribution is 2.48. The van der Waals surface area contributed by atoms with Gasteiger partial charge >= 0.3 is 17.4 Å². The first-order chi connectivity index (χ1) is 4.50. The van der Waals surface area contributed by atoms with Crippen LogP contribution in [-0.4, -0.2) is 17.4 Å². The molecule has 0 amide bonds. The Bertz CT molecular complexity index is 125. The number of halogens is 7. The van der Waals surface area contributed by atoms with Gasteiger partial charge in [0.05, 0.1) is 0 Å². The van der Waals surface area contributed by atoms with E-state index in [1.54, 1.807) is 0 Å². The second-order valence-corrected chi connectivity index (χ2v) is 2.10. The van der Waals surface area contributed by atoms with E-state index in [4.69, 9.17) is 0 Å². The normalized spacial score (nSPS) is 15.3. The maximum Gasteiger partial charge on any atom is 0.460 e. The minimum Gasteiger partial charge on any atom is -0.188 e. The molecule has 0 atom stereocenters. The number of hydrogen-bond acceptors (Lipinski definition) is 0. The molecule has 0 heterocycles. The summed E-state index contributed by atoms with van der Waals surface area (Å²) in [7, 11) is 0. The Labute approximate surface area is 61.8 Å². The molecule has 8 heteroatoms. The molecule has 0 bridgehead atoms. The van der Waals surface area contributed by atoms with E-state index in [0.29, 0.717) is 0 Å². The van der Waals surface area contributed by atoms with Gasteiger partial charge in [-0.1, -0.05) is 0 Å². The fourth-order valence-electron chi connectivity index (χ4n) is 0.165. The van der Waals surface area contributed by atoms with Crippen molar-refractivity contribution in [2.24, 2.45) is 0 Å². The van der Waals surface area contributed by atoms with Crippen molar-refractivity contribution in [2.45, 2.75) is 17.4 Å². The molecule has 1 radical (unpaired) electrons. The molecule has 67 valence electrons. The van der Waals surface area contributed by atoms with Crippen molar-refractivity contribution in [3.05, 3.63) is 0 Å².